The van der Waals surface area contributed by atoms with Gasteiger partial charge >= 0.3 is 18.1 Å². The van der Waals surface area contributed by atoms with E-state index in [9.17, 15) is 29.7 Å². The molecule has 29 heteroatoms. The molecule has 21 atom stereocenters. The number of likely N-dealkylation sites (tertiary alicyclic amines) is 3. The van der Waals surface area contributed by atoms with Crippen LogP contribution in [-0.4, -0.2) is 319 Å². The molecule has 12 bridgehead atoms. The maximum absolute atomic E-state index is 13.1. The minimum atomic E-state index is -0.998. The summed E-state index contributed by atoms with van der Waals surface area (Å²) in [6, 6.07) is 13.3. The lowest BCUT2D eigenvalue weighted by molar-refractivity contribution is -0.312. The van der Waals surface area contributed by atoms with Gasteiger partial charge in [-0.25, -0.2) is 14.4 Å². The van der Waals surface area contributed by atoms with Crippen LogP contribution in [0.3, 0.4) is 0 Å². The predicted molar refractivity (Wildman–Crippen MR) is 540 cm³/mol. The van der Waals surface area contributed by atoms with E-state index >= 15 is 0 Å². The summed E-state index contributed by atoms with van der Waals surface area (Å²) < 4.78 is 118. The highest BCUT2D eigenvalue weighted by Gasteiger charge is 2.87. The van der Waals surface area contributed by atoms with Gasteiger partial charge in [-0.3, -0.25) is 14.7 Å². The number of hydrogen-bond acceptors (Lipinski definition) is 29. The summed E-state index contributed by atoms with van der Waals surface area (Å²) in [7, 11) is 10.3. The van der Waals surface area contributed by atoms with Gasteiger partial charge in [-0.05, 0) is 244 Å². The topological polar surface area (TPSA) is 306 Å². The van der Waals surface area contributed by atoms with Crippen molar-refractivity contribution in [2.45, 2.75) is 326 Å². The predicted octanol–water partition coefficient (Wildman–Crippen LogP) is 15.4. The van der Waals surface area contributed by atoms with Crippen molar-refractivity contribution in [2.75, 3.05) is 201 Å². The molecule has 6 spiro atoms. The molecular weight excluding hydrogens is 1830 g/mol. The Morgan fingerprint density at radius 2 is 0.615 bits per heavy atom. The molecule has 15 fully saturated rings. The SMILES string of the molecule is C.C.C.COCCOCC(=O)Oc1ccc2c3c1O[C@H]1[C@@]4(OC)CC[C@@]5(C[C@@H]4[C@](C)(O)C(C)(C)C)[C@@H](C2)N(CC2CC2)CC[C@]315.COCCOCCOCCOCC(=O)Oc1ccc2c3c1O[C@H]1[C@@]4(OC)CC[C@@]5(C[C@@H]4[C@](C)(O)C(C)(C)C)[C@@H](C2)N(CC2CC2)CC[C@]315.COCCOCCOCCOCCOC(=O)Oc1ccc2c3c1O[C@H]1[C@@]4(OC)CC[C@@]5(C[C@@H]4[C@](C)(O)C(C)(C)C)[C@@H](C2)N(CC2CC2)CC[C@]315. The number of esters is 2. The van der Waals surface area contributed by atoms with Crippen LogP contribution in [0, 0.1) is 68.0 Å². The first-order chi connectivity index (χ1) is 66.8. The van der Waals surface area contributed by atoms with Gasteiger partial charge in [-0.15, -0.1) is 0 Å². The summed E-state index contributed by atoms with van der Waals surface area (Å²) in [6.07, 6.45) is 20.5. The average Bonchev–Trinajstić information content (AvgIpc) is 1.59. The summed E-state index contributed by atoms with van der Waals surface area (Å²) >= 11 is 0. The zero-order chi connectivity index (χ0) is 99.0. The Morgan fingerprint density at radius 1 is 0.350 bits per heavy atom. The number of carbonyl (C=O) groups is 3. The number of piperidine rings is 3. The Kier molecular flexibility index (Phi) is 32.0. The van der Waals surface area contributed by atoms with E-state index in [1.54, 1.807) is 28.4 Å². The van der Waals surface area contributed by atoms with Crippen LogP contribution in [0.5, 0.6) is 34.5 Å². The second-order valence-electron chi connectivity index (χ2n) is 48.6. The number of rotatable bonds is 43. The molecule has 3 aromatic rings. The van der Waals surface area contributed by atoms with Gasteiger partial charge in [0.25, 0.3) is 0 Å². The Labute approximate surface area is 852 Å². The van der Waals surface area contributed by atoms with Crippen LogP contribution in [-0.2, 0) is 111 Å². The van der Waals surface area contributed by atoms with Crippen molar-refractivity contribution < 1.29 is 124 Å². The van der Waals surface area contributed by atoms with Gasteiger partial charge in [0, 0.05) is 147 Å². The zero-order valence-corrected chi connectivity index (χ0v) is 87.3. The highest BCUT2D eigenvalue weighted by molar-refractivity contribution is 5.78. The van der Waals surface area contributed by atoms with E-state index < -0.39 is 51.7 Å². The lowest BCUT2D eigenvalue weighted by Crippen LogP contribution is -2.83. The second-order valence-corrected chi connectivity index (χ2v) is 48.6. The molecule has 21 aliphatic rings. The number of aliphatic hydroxyl groups is 3. The summed E-state index contributed by atoms with van der Waals surface area (Å²) in [5, 5.41) is 37.3. The molecule has 0 amide bonds. The second kappa shape index (κ2) is 41.6. The molecule has 3 N–H and O–H groups in total. The number of fused-ring (bicyclic) bond motifs is 6. The number of methoxy groups -OCH3 is 6. The lowest BCUT2D eigenvalue weighted by Gasteiger charge is -2.75. The Bertz CT molecular complexity index is 4960. The highest BCUT2D eigenvalue weighted by Crippen LogP contribution is 2.83. The van der Waals surface area contributed by atoms with Gasteiger partial charge in [0.1, 0.15) is 54.9 Å². The third-order valence-corrected chi connectivity index (χ3v) is 39.8. The van der Waals surface area contributed by atoms with Gasteiger partial charge in [0.15, 0.2) is 34.5 Å². The molecule has 0 radical (unpaired) electrons. The van der Waals surface area contributed by atoms with E-state index in [0.717, 1.165) is 147 Å². The third kappa shape index (κ3) is 17.9. The molecule has 29 nitrogen and oxygen atoms in total. The van der Waals surface area contributed by atoms with Crippen molar-refractivity contribution in [3.63, 3.8) is 0 Å². The normalized spacial score (nSPS) is 34.3. The van der Waals surface area contributed by atoms with E-state index in [2.05, 4.69) is 95.2 Å². The molecule has 15 aliphatic carbocycles. The van der Waals surface area contributed by atoms with E-state index in [0.29, 0.717) is 139 Å². The summed E-state index contributed by atoms with van der Waals surface area (Å²) in [4.78, 5) is 47.4. The number of nitrogens with zero attached hydrogens (tertiary/aromatic N) is 3. The molecule has 6 aliphatic heterocycles. The molecule has 0 unspecified atom stereocenters. The van der Waals surface area contributed by atoms with Crippen LogP contribution in [0.2, 0.25) is 0 Å². The van der Waals surface area contributed by atoms with E-state index in [4.69, 9.17) is 94.7 Å². The first kappa shape index (κ1) is 110. The fraction of sp³-hybridized carbons (Fsp3) is 0.816. The largest absolute Gasteiger partial charge is 0.514 e. The maximum atomic E-state index is 13.1. The van der Waals surface area contributed by atoms with Gasteiger partial charge in [-0.2, -0.15) is 0 Å². The fourth-order valence-electron chi connectivity index (χ4n) is 31.3. The van der Waals surface area contributed by atoms with E-state index in [-0.39, 0.29) is 140 Å². The van der Waals surface area contributed by atoms with Gasteiger partial charge in [-0.1, -0.05) is 103 Å². The van der Waals surface area contributed by atoms with Gasteiger partial charge in [0.2, 0.25) is 0 Å². The van der Waals surface area contributed by atoms with Crippen LogP contribution < -0.4 is 28.4 Å². The maximum Gasteiger partial charge on any atom is 0.514 e. The molecule has 143 heavy (non-hydrogen) atoms. The van der Waals surface area contributed by atoms with Crippen molar-refractivity contribution in [1.29, 1.82) is 0 Å². The minimum absolute atomic E-state index is 0. The Hall–Kier alpha value is -5.49. The Balaban J connectivity index is 0.000000153. The summed E-state index contributed by atoms with van der Waals surface area (Å²) in [5.41, 5.74) is 0.574. The lowest BCUT2D eigenvalue weighted by atomic mass is 9.33. The zero-order valence-electron chi connectivity index (χ0n) is 87.3. The van der Waals surface area contributed by atoms with Crippen LogP contribution in [0.15, 0.2) is 36.4 Å². The average molecular weight is 2010 g/mol. The van der Waals surface area contributed by atoms with Gasteiger partial charge in [0.05, 0.1) is 116 Å². The molecule has 12 saturated carbocycles. The van der Waals surface area contributed by atoms with Crippen molar-refractivity contribution in [3.8, 4) is 34.5 Å². The van der Waals surface area contributed by atoms with Crippen molar-refractivity contribution in [2.24, 2.45) is 68.0 Å². The highest BCUT2D eigenvalue weighted by atomic mass is 16.7. The molecule has 804 valence electrons. The standard InChI is InChI=1S/C39H59NO10.C38H57NO9.C34H49NO7.3CH4/c1-35(2,3)36(4,42)29-24-37-11-12-39(29,44-6)33-38(37)13-14-40(25-26-7-8-26)30(37)23-27-9-10-28(32(50-33)31(27)38)49-34(41)48-22-21-47-20-19-46-18-17-45-16-15-43-5;1-34(2,3)35(4,41)28-22-36-11-12-38(28,43-6)33-37(36)13-14-39(23-25-7-8-25)29(36)21-26-9-10-27(32(48-33)31(26)37)47-30(40)24-46-20-19-45-18-17-44-16-15-42-5;1-30(2,3)31(4,37)24-18-32-11-12-34(24,39-6)29-33(32)13-14-35(19-21-7-8-21)25(32)17-22-9-10-23(28(42-29)27(22)33)41-26(36)20-40-16-15-38-5;;;/h9-10,26,29-30,33,42H,7-8,11-25H2,1-6H3;9-10,25,28-29,33,41H,7-8,11-24H2,1-6H3;9-10,21,24-25,29,37H,7-8,11-20H2,1-6H3;3*1H4/t29-,30-,33-,36+,37-,38+,39-;28-,29-,33-,35+,36-,37+,38-;24-,25-,29-,31+,32-,33+,34-;;;/m111.../s1. The molecule has 3 saturated heterocycles. The number of hydrogen-bond donors (Lipinski definition) is 3. The monoisotopic (exact) mass is 2000 g/mol. The van der Waals surface area contributed by atoms with Crippen LogP contribution in [0.1, 0.15) is 254 Å². The molecule has 0 aromatic heterocycles. The van der Waals surface area contributed by atoms with Crippen molar-refractivity contribution in [1.82, 2.24) is 14.7 Å². The quantitative estimate of drug-likeness (QED) is 0.0205. The first-order valence-corrected chi connectivity index (χ1v) is 53.2. The smallest absolute Gasteiger partial charge is 0.482 e. The first-order valence-electron chi connectivity index (χ1n) is 53.2. The van der Waals surface area contributed by atoms with E-state index in [1.165, 1.54) is 78.5 Å². The minimum Gasteiger partial charge on any atom is -0.482 e. The molecule has 6 heterocycles. The van der Waals surface area contributed by atoms with Crippen molar-refractivity contribution in [3.05, 3.63) is 69.8 Å². The van der Waals surface area contributed by atoms with Crippen LogP contribution >= 0.6 is 0 Å². The van der Waals surface area contributed by atoms with Crippen LogP contribution in [0.25, 0.3) is 0 Å². The number of carbonyl (C=O) groups excluding carboxylic acids is 3. The summed E-state index contributed by atoms with van der Waals surface area (Å²) in [6.45, 7) is 38.1. The molecule has 24 rings (SSSR count). The molecule has 3 aromatic carbocycles. The van der Waals surface area contributed by atoms with Crippen LogP contribution in [0.4, 0.5) is 4.79 Å². The van der Waals surface area contributed by atoms with Crippen molar-refractivity contribution >= 4 is 18.1 Å². The fourth-order valence-corrected chi connectivity index (χ4v) is 31.3. The number of ether oxygens (including phenoxy) is 20. The third-order valence-electron chi connectivity index (χ3n) is 39.8. The van der Waals surface area contributed by atoms with E-state index in [1.807, 2.05) is 53.2 Å². The van der Waals surface area contributed by atoms with Gasteiger partial charge < -0.3 is 110 Å². The Morgan fingerprint density at radius 3 is 0.888 bits per heavy atom. The molecular formula is C114H177N3O26. The summed E-state index contributed by atoms with van der Waals surface area (Å²) in [5.74, 6) is 4.54. The number of benzene rings is 3.